The van der Waals surface area contributed by atoms with E-state index in [1.54, 1.807) is 23.5 Å². The average molecular weight is 383 g/mol. The minimum atomic E-state index is -3.37. The van der Waals surface area contributed by atoms with Crippen LogP contribution >= 0.6 is 0 Å². The average Bonchev–Trinajstić information content (AvgIpc) is 2.68. The number of benzene rings is 1. The third kappa shape index (κ3) is 5.96. The molecule has 2 N–H and O–H groups in total. The van der Waals surface area contributed by atoms with Gasteiger partial charge in [0, 0.05) is 39.8 Å². The van der Waals surface area contributed by atoms with Crippen LogP contribution < -0.4 is 10.6 Å². The summed E-state index contributed by atoms with van der Waals surface area (Å²) in [6.07, 6.45) is 2.99. The lowest BCUT2D eigenvalue weighted by atomic mass is 10.2. The SMILES string of the molecule is CCOCCNC(=NC)NCc1ccc(S(=O)(=O)N2CCCCC2)cc1. The fraction of sp³-hybridized carbons (Fsp3) is 0.611. The van der Waals surface area contributed by atoms with Gasteiger partial charge < -0.3 is 15.4 Å². The quantitative estimate of drug-likeness (QED) is 0.405. The van der Waals surface area contributed by atoms with Gasteiger partial charge in [-0.25, -0.2) is 8.42 Å². The number of sulfonamides is 1. The van der Waals surface area contributed by atoms with Crippen molar-refractivity contribution in [2.24, 2.45) is 4.99 Å². The fourth-order valence-electron chi connectivity index (χ4n) is 2.83. The summed E-state index contributed by atoms with van der Waals surface area (Å²) in [4.78, 5) is 4.52. The maximum atomic E-state index is 12.7. The summed E-state index contributed by atoms with van der Waals surface area (Å²) in [5.74, 6) is 0.690. The van der Waals surface area contributed by atoms with Gasteiger partial charge in [0.25, 0.3) is 0 Å². The monoisotopic (exact) mass is 382 g/mol. The van der Waals surface area contributed by atoms with Gasteiger partial charge in [-0.2, -0.15) is 4.31 Å². The Labute approximate surface area is 156 Å². The first kappa shape index (κ1) is 20.7. The topological polar surface area (TPSA) is 83.0 Å². The van der Waals surface area contributed by atoms with E-state index in [2.05, 4.69) is 15.6 Å². The highest BCUT2D eigenvalue weighted by molar-refractivity contribution is 7.89. The lowest BCUT2D eigenvalue weighted by molar-refractivity contribution is 0.152. The summed E-state index contributed by atoms with van der Waals surface area (Å²) in [6.45, 7) is 5.77. The van der Waals surface area contributed by atoms with Crippen molar-refractivity contribution in [3.63, 3.8) is 0 Å². The second kappa shape index (κ2) is 10.5. The Morgan fingerprint density at radius 1 is 1.15 bits per heavy atom. The maximum absolute atomic E-state index is 12.7. The number of rotatable bonds is 8. The van der Waals surface area contributed by atoms with Gasteiger partial charge in [0.1, 0.15) is 0 Å². The summed E-state index contributed by atoms with van der Waals surface area (Å²) < 4.78 is 32.2. The molecule has 0 spiro atoms. The Kier molecular flexibility index (Phi) is 8.34. The van der Waals surface area contributed by atoms with Crippen molar-refractivity contribution < 1.29 is 13.2 Å². The molecule has 1 aromatic carbocycles. The van der Waals surface area contributed by atoms with Gasteiger partial charge in [0.2, 0.25) is 10.0 Å². The van der Waals surface area contributed by atoms with Crippen LogP contribution in [0.4, 0.5) is 0 Å². The Bertz CT molecular complexity index is 668. The summed E-state index contributed by atoms with van der Waals surface area (Å²) in [7, 11) is -1.66. The zero-order chi connectivity index (χ0) is 18.8. The van der Waals surface area contributed by atoms with E-state index >= 15 is 0 Å². The van der Waals surface area contributed by atoms with Crippen LogP contribution in [0, 0.1) is 0 Å². The van der Waals surface area contributed by atoms with E-state index in [-0.39, 0.29) is 0 Å². The van der Waals surface area contributed by atoms with E-state index in [1.807, 2.05) is 19.1 Å². The first-order valence-electron chi connectivity index (χ1n) is 9.19. The number of piperidine rings is 1. The molecule has 0 radical (unpaired) electrons. The molecule has 1 aromatic rings. The first-order valence-corrected chi connectivity index (χ1v) is 10.6. The van der Waals surface area contributed by atoms with Crippen molar-refractivity contribution in [2.45, 2.75) is 37.6 Å². The second-order valence-electron chi connectivity index (χ2n) is 6.16. The Morgan fingerprint density at radius 2 is 1.85 bits per heavy atom. The minimum absolute atomic E-state index is 0.363. The number of hydrogen-bond donors (Lipinski definition) is 2. The molecule has 0 aromatic heterocycles. The number of nitrogens with zero attached hydrogens (tertiary/aromatic N) is 2. The normalized spacial score (nSPS) is 16.5. The Balaban J connectivity index is 1.88. The predicted octanol–water partition coefficient (Wildman–Crippen LogP) is 1.56. The number of guanidine groups is 1. The molecule has 1 aliphatic rings. The van der Waals surface area contributed by atoms with Gasteiger partial charge >= 0.3 is 0 Å². The van der Waals surface area contributed by atoms with Gasteiger partial charge in [0.15, 0.2) is 5.96 Å². The van der Waals surface area contributed by atoms with E-state index in [0.29, 0.717) is 50.2 Å². The first-order chi connectivity index (χ1) is 12.6. The molecule has 1 aliphatic heterocycles. The number of aliphatic imine (C=N–C) groups is 1. The van der Waals surface area contributed by atoms with Gasteiger partial charge in [-0.15, -0.1) is 0 Å². The second-order valence-corrected chi connectivity index (χ2v) is 8.10. The van der Waals surface area contributed by atoms with E-state index in [9.17, 15) is 8.42 Å². The lowest BCUT2D eigenvalue weighted by Gasteiger charge is -2.25. The molecule has 1 heterocycles. The summed E-state index contributed by atoms with van der Waals surface area (Å²) in [6, 6.07) is 7.06. The molecule has 146 valence electrons. The highest BCUT2D eigenvalue weighted by atomic mass is 32.2. The van der Waals surface area contributed by atoms with Crippen molar-refractivity contribution in [1.82, 2.24) is 14.9 Å². The summed E-state index contributed by atoms with van der Waals surface area (Å²) in [5.41, 5.74) is 0.996. The molecule has 8 heteroatoms. The molecule has 0 saturated carbocycles. The van der Waals surface area contributed by atoms with Crippen LogP contribution in [0.1, 0.15) is 31.7 Å². The number of nitrogens with one attached hydrogen (secondary N) is 2. The van der Waals surface area contributed by atoms with Gasteiger partial charge in [-0.1, -0.05) is 18.6 Å². The van der Waals surface area contributed by atoms with Crippen molar-refractivity contribution in [3.8, 4) is 0 Å². The summed E-state index contributed by atoms with van der Waals surface area (Å²) >= 11 is 0. The highest BCUT2D eigenvalue weighted by Gasteiger charge is 2.25. The van der Waals surface area contributed by atoms with E-state index in [1.165, 1.54) is 0 Å². The van der Waals surface area contributed by atoms with E-state index in [4.69, 9.17) is 4.74 Å². The minimum Gasteiger partial charge on any atom is -0.380 e. The molecular formula is C18H30N4O3S. The summed E-state index contributed by atoms with van der Waals surface area (Å²) in [5, 5.41) is 6.37. The molecule has 7 nitrogen and oxygen atoms in total. The van der Waals surface area contributed by atoms with Crippen molar-refractivity contribution in [2.75, 3.05) is 39.9 Å². The predicted molar refractivity (Wildman–Crippen MR) is 104 cm³/mol. The smallest absolute Gasteiger partial charge is 0.243 e. The van der Waals surface area contributed by atoms with Crippen molar-refractivity contribution in [1.29, 1.82) is 0 Å². The van der Waals surface area contributed by atoms with Crippen LogP contribution in [-0.2, 0) is 21.3 Å². The molecule has 0 aliphatic carbocycles. The van der Waals surface area contributed by atoms with Crippen molar-refractivity contribution in [3.05, 3.63) is 29.8 Å². The fourth-order valence-corrected chi connectivity index (χ4v) is 4.34. The molecule has 0 bridgehead atoms. The maximum Gasteiger partial charge on any atom is 0.243 e. The zero-order valence-corrected chi connectivity index (χ0v) is 16.5. The van der Waals surface area contributed by atoms with Crippen LogP contribution in [0.15, 0.2) is 34.2 Å². The molecule has 0 atom stereocenters. The van der Waals surface area contributed by atoms with Gasteiger partial charge in [-0.3, -0.25) is 4.99 Å². The molecule has 0 amide bonds. The third-order valence-corrected chi connectivity index (χ3v) is 6.22. The van der Waals surface area contributed by atoms with Crippen LogP contribution in [-0.4, -0.2) is 58.6 Å². The number of hydrogen-bond acceptors (Lipinski definition) is 4. The Hall–Kier alpha value is -1.64. The van der Waals surface area contributed by atoms with Crippen LogP contribution in [0.3, 0.4) is 0 Å². The van der Waals surface area contributed by atoms with E-state index in [0.717, 1.165) is 24.8 Å². The molecule has 26 heavy (non-hydrogen) atoms. The molecule has 1 fully saturated rings. The standard InChI is InChI=1S/C18H30N4O3S/c1-3-25-14-11-20-18(19-2)21-15-16-7-9-17(10-8-16)26(23,24)22-12-5-4-6-13-22/h7-10H,3-6,11-15H2,1-2H3,(H2,19,20,21). The number of ether oxygens (including phenoxy) is 1. The largest absolute Gasteiger partial charge is 0.380 e. The van der Waals surface area contributed by atoms with Gasteiger partial charge in [-0.05, 0) is 37.5 Å². The molecule has 2 rings (SSSR count). The molecule has 1 saturated heterocycles. The van der Waals surface area contributed by atoms with Crippen LogP contribution in [0.5, 0.6) is 0 Å². The third-order valence-electron chi connectivity index (χ3n) is 4.30. The van der Waals surface area contributed by atoms with Gasteiger partial charge in [0.05, 0.1) is 11.5 Å². The zero-order valence-electron chi connectivity index (χ0n) is 15.7. The Morgan fingerprint density at radius 3 is 2.46 bits per heavy atom. The van der Waals surface area contributed by atoms with E-state index < -0.39 is 10.0 Å². The van der Waals surface area contributed by atoms with Crippen LogP contribution in [0.2, 0.25) is 0 Å². The molecule has 0 unspecified atom stereocenters. The lowest BCUT2D eigenvalue weighted by Crippen LogP contribution is -2.38. The molecular weight excluding hydrogens is 352 g/mol. The van der Waals surface area contributed by atoms with Crippen molar-refractivity contribution >= 4 is 16.0 Å². The van der Waals surface area contributed by atoms with Crippen LogP contribution in [0.25, 0.3) is 0 Å². The highest BCUT2D eigenvalue weighted by Crippen LogP contribution is 2.20.